The van der Waals surface area contributed by atoms with Gasteiger partial charge in [0.15, 0.2) is 9.84 Å². The zero-order valence-corrected chi connectivity index (χ0v) is 11.6. The van der Waals surface area contributed by atoms with E-state index in [1.54, 1.807) is 35.2 Å². The minimum Gasteiger partial charge on any atom is -0.305 e. The minimum atomic E-state index is -3.27. The number of fused-ring (bicyclic) bond motifs is 1. The monoisotopic (exact) mass is 293 g/mol. The molecule has 0 saturated carbocycles. The van der Waals surface area contributed by atoms with Crippen molar-refractivity contribution in [3.05, 3.63) is 46.7 Å². The van der Waals surface area contributed by atoms with Gasteiger partial charge in [-0.25, -0.2) is 8.42 Å². The largest absolute Gasteiger partial charge is 0.305 e. The van der Waals surface area contributed by atoms with E-state index in [1.165, 1.54) is 11.3 Å². The molecule has 0 unspecified atom stereocenters. The van der Waals surface area contributed by atoms with E-state index < -0.39 is 9.84 Å². The molecule has 98 valence electrons. The molecule has 1 aliphatic heterocycles. The van der Waals surface area contributed by atoms with Crippen molar-refractivity contribution < 1.29 is 13.2 Å². The Morgan fingerprint density at radius 3 is 2.68 bits per heavy atom. The molecule has 1 aromatic heterocycles. The van der Waals surface area contributed by atoms with Crippen LogP contribution in [-0.2, 0) is 9.84 Å². The van der Waals surface area contributed by atoms with Crippen LogP contribution >= 0.6 is 11.3 Å². The molecule has 1 amide bonds. The third-order valence-electron chi connectivity index (χ3n) is 3.05. The molecule has 0 bridgehead atoms. The number of anilines is 1. The van der Waals surface area contributed by atoms with Crippen LogP contribution in [0.4, 0.5) is 5.69 Å². The van der Waals surface area contributed by atoms with Crippen LogP contribution in [0, 0.1) is 0 Å². The summed E-state index contributed by atoms with van der Waals surface area (Å²) in [6, 6.07) is 10.2. The van der Waals surface area contributed by atoms with Crippen LogP contribution in [0.3, 0.4) is 0 Å². The Labute approximate surface area is 115 Å². The highest BCUT2D eigenvalue weighted by molar-refractivity contribution is 7.91. The van der Waals surface area contributed by atoms with E-state index in [9.17, 15) is 13.2 Å². The van der Waals surface area contributed by atoms with Crippen LogP contribution in [0.5, 0.6) is 0 Å². The number of amides is 1. The SMILES string of the molecule is O=C(c1cccs1)N1CCS(=O)(=O)c2ccccc21. The van der Waals surface area contributed by atoms with Crippen molar-refractivity contribution in [2.75, 3.05) is 17.2 Å². The van der Waals surface area contributed by atoms with Gasteiger partial charge < -0.3 is 4.90 Å². The molecule has 0 fully saturated rings. The van der Waals surface area contributed by atoms with E-state index in [0.29, 0.717) is 10.6 Å². The summed E-state index contributed by atoms with van der Waals surface area (Å²) < 4.78 is 24.0. The number of sulfone groups is 1. The van der Waals surface area contributed by atoms with Crippen LogP contribution in [0.25, 0.3) is 0 Å². The van der Waals surface area contributed by atoms with Gasteiger partial charge in [-0.05, 0) is 23.6 Å². The Balaban J connectivity index is 2.09. The third kappa shape index (κ3) is 2.06. The highest BCUT2D eigenvalue weighted by atomic mass is 32.2. The molecule has 2 aromatic rings. The van der Waals surface area contributed by atoms with Gasteiger partial charge in [-0.3, -0.25) is 4.79 Å². The van der Waals surface area contributed by atoms with Crippen LogP contribution in [0.2, 0.25) is 0 Å². The van der Waals surface area contributed by atoms with Crippen molar-refractivity contribution >= 4 is 32.8 Å². The minimum absolute atomic E-state index is 0.0267. The van der Waals surface area contributed by atoms with Crippen molar-refractivity contribution in [3.63, 3.8) is 0 Å². The van der Waals surface area contributed by atoms with Crippen LogP contribution in [0.1, 0.15) is 9.67 Å². The number of thiophene rings is 1. The lowest BCUT2D eigenvalue weighted by Gasteiger charge is -2.28. The molecule has 0 aliphatic carbocycles. The predicted molar refractivity (Wildman–Crippen MR) is 74.5 cm³/mol. The molecule has 0 N–H and O–H groups in total. The number of para-hydroxylation sites is 1. The Morgan fingerprint density at radius 1 is 1.16 bits per heavy atom. The highest BCUT2D eigenvalue weighted by Crippen LogP contribution is 2.31. The number of carbonyl (C=O) groups excluding carboxylic acids is 1. The normalized spacial score (nSPS) is 16.9. The number of hydrogen-bond donors (Lipinski definition) is 0. The second-order valence-electron chi connectivity index (χ2n) is 4.22. The van der Waals surface area contributed by atoms with Crippen LogP contribution in [-0.4, -0.2) is 26.6 Å². The highest BCUT2D eigenvalue weighted by Gasteiger charge is 2.31. The van der Waals surface area contributed by atoms with E-state index in [2.05, 4.69) is 0 Å². The molecule has 1 aliphatic rings. The van der Waals surface area contributed by atoms with Gasteiger partial charge >= 0.3 is 0 Å². The topological polar surface area (TPSA) is 54.5 Å². The van der Waals surface area contributed by atoms with E-state index in [-0.39, 0.29) is 23.1 Å². The molecule has 0 atom stereocenters. The van der Waals surface area contributed by atoms with Gasteiger partial charge in [0.25, 0.3) is 5.91 Å². The Morgan fingerprint density at radius 2 is 1.95 bits per heavy atom. The van der Waals surface area contributed by atoms with Gasteiger partial charge in [0.05, 0.1) is 21.2 Å². The molecule has 1 aromatic carbocycles. The van der Waals surface area contributed by atoms with Crippen molar-refractivity contribution in [2.45, 2.75) is 4.90 Å². The van der Waals surface area contributed by atoms with Gasteiger partial charge in [0, 0.05) is 6.54 Å². The number of benzene rings is 1. The summed E-state index contributed by atoms with van der Waals surface area (Å²) in [5.74, 6) is -0.168. The van der Waals surface area contributed by atoms with E-state index in [4.69, 9.17) is 0 Å². The molecular weight excluding hydrogens is 282 g/mol. The summed E-state index contributed by atoms with van der Waals surface area (Å²) in [6.45, 7) is 0.204. The Hall–Kier alpha value is -1.66. The van der Waals surface area contributed by atoms with E-state index >= 15 is 0 Å². The standard InChI is InChI=1S/C13H11NO3S2/c15-13(11-5-3-8-18-11)14-7-9-19(16,17)12-6-2-1-4-10(12)14/h1-6,8H,7,9H2. The summed E-state index contributed by atoms with van der Waals surface area (Å²) in [6.07, 6.45) is 0. The van der Waals surface area contributed by atoms with Crippen molar-refractivity contribution in [1.82, 2.24) is 0 Å². The first-order valence-electron chi connectivity index (χ1n) is 5.77. The van der Waals surface area contributed by atoms with Gasteiger partial charge in [-0.2, -0.15) is 0 Å². The zero-order chi connectivity index (χ0) is 13.5. The summed E-state index contributed by atoms with van der Waals surface area (Å²) in [5, 5.41) is 1.83. The van der Waals surface area contributed by atoms with Gasteiger partial charge in [-0.15, -0.1) is 11.3 Å². The number of nitrogens with zero attached hydrogens (tertiary/aromatic N) is 1. The molecule has 0 spiro atoms. The maximum absolute atomic E-state index is 12.4. The number of carbonyl (C=O) groups is 1. The summed E-state index contributed by atoms with van der Waals surface area (Å²) in [5.41, 5.74) is 0.479. The van der Waals surface area contributed by atoms with Crippen molar-refractivity contribution in [2.24, 2.45) is 0 Å². The molecule has 3 rings (SSSR count). The quantitative estimate of drug-likeness (QED) is 0.810. The fourth-order valence-corrected chi connectivity index (χ4v) is 4.23. The first kappa shape index (κ1) is 12.4. The molecule has 0 radical (unpaired) electrons. The first-order chi connectivity index (χ1) is 9.09. The molecule has 19 heavy (non-hydrogen) atoms. The van der Waals surface area contributed by atoms with Crippen LogP contribution in [0.15, 0.2) is 46.7 Å². The third-order valence-corrected chi connectivity index (χ3v) is 5.65. The lowest BCUT2D eigenvalue weighted by Crippen LogP contribution is -2.39. The lowest BCUT2D eigenvalue weighted by atomic mass is 10.2. The zero-order valence-electron chi connectivity index (χ0n) is 9.94. The fourth-order valence-electron chi connectivity index (χ4n) is 2.13. The number of hydrogen-bond acceptors (Lipinski definition) is 4. The summed E-state index contributed by atoms with van der Waals surface area (Å²) >= 11 is 1.36. The maximum Gasteiger partial charge on any atom is 0.268 e. The van der Waals surface area contributed by atoms with E-state index in [0.717, 1.165) is 0 Å². The Kier molecular flexibility index (Phi) is 2.91. The maximum atomic E-state index is 12.4. The van der Waals surface area contributed by atoms with Crippen LogP contribution < -0.4 is 4.90 Å². The summed E-state index contributed by atoms with van der Waals surface area (Å²) in [7, 11) is -3.27. The second-order valence-corrected chi connectivity index (χ2v) is 7.25. The fraction of sp³-hybridized carbons (Fsp3) is 0.154. The average molecular weight is 293 g/mol. The smallest absolute Gasteiger partial charge is 0.268 e. The molecule has 6 heteroatoms. The van der Waals surface area contributed by atoms with Crippen molar-refractivity contribution in [1.29, 1.82) is 0 Å². The molecular formula is C13H11NO3S2. The molecule has 4 nitrogen and oxygen atoms in total. The first-order valence-corrected chi connectivity index (χ1v) is 8.30. The van der Waals surface area contributed by atoms with E-state index in [1.807, 2.05) is 11.4 Å². The number of rotatable bonds is 1. The van der Waals surface area contributed by atoms with Crippen molar-refractivity contribution in [3.8, 4) is 0 Å². The second kappa shape index (κ2) is 4.47. The van der Waals surface area contributed by atoms with Gasteiger partial charge in [0.1, 0.15) is 0 Å². The van der Waals surface area contributed by atoms with Gasteiger partial charge in [0.2, 0.25) is 0 Å². The van der Waals surface area contributed by atoms with Gasteiger partial charge in [-0.1, -0.05) is 18.2 Å². The Bertz CT molecular complexity index is 720. The average Bonchev–Trinajstić information content (AvgIpc) is 2.92. The molecule has 2 heterocycles. The molecule has 0 saturated heterocycles. The lowest BCUT2D eigenvalue weighted by molar-refractivity contribution is 0.0991. The summed E-state index contributed by atoms with van der Waals surface area (Å²) in [4.78, 5) is 14.8. The predicted octanol–water partition coefficient (Wildman–Crippen LogP) is 2.18.